The summed E-state index contributed by atoms with van der Waals surface area (Å²) in [5, 5.41) is 8.69. The van der Waals surface area contributed by atoms with Crippen molar-refractivity contribution in [3.05, 3.63) is 35.6 Å². The highest BCUT2D eigenvalue weighted by atomic mass is 19.1. The second kappa shape index (κ2) is 6.15. The highest BCUT2D eigenvalue weighted by Crippen LogP contribution is 2.36. The second-order valence-electron chi connectivity index (χ2n) is 5.37. The zero-order valence-corrected chi connectivity index (χ0v) is 11.2. The van der Waals surface area contributed by atoms with Gasteiger partial charge >= 0.3 is 5.97 Å². The average Bonchev–Trinajstić information content (AvgIpc) is 2.70. The first-order valence-electron chi connectivity index (χ1n) is 6.78. The van der Waals surface area contributed by atoms with Crippen LogP contribution in [-0.4, -0.2) is 29.1 Å². The molecule has 0 unspecified atom stereocenters. The van der Waals surface area contributed by atoms with Crippen LogP contribution >= 0.6 is 0 Å². The first-order valence-corrected chi connectivity index (χ1v) is 6.78. The van der Waals surface area contributed by atoms with Gasteiger partial charge in [-0.2, -0.15) is 0 Å². The molecular weight excluding hydrogens is 245 g/mol. The molecule has 0 radical (unpaired) electrons. The number of halogens is 1. The van der Waals surface area contributed by atoms with Gasteiger partial charge in [-0.1, -0.05) is 25.1 Å². The number of aliphatic carboxylic acids is 1. The van der Waals surface area contributed by atoms with Gasteiger partial charge in [0.05, 0.1) is 0 Å². The summed E-state index contributed by atoms with van der Waals surface area (Å²) in [6, 6.07) is 6.98. The van der Waals surface area contributed by atoms with E-state index in [0.717, 1.165) is 25.1 Å². The molecule has 2 rings (SSSR count). The van der Waals surface area contributed by atoms with Crippen molar-refractivity contribution in [2.24, 2.45) is 5.92 Å². The lowest BCUT2D eigenvalue weighted by atomic mass is 10.0. The minimum atomic E-state index is -0.769. The number of hydrogen-bond donors (Lipinski definition) is 1. The molecule has 1 aromatic rings. The van der Waals surface area contributed by atoms with Gasteiger partial charge < -0.3 is 5.11 Å². The molecule has 4 heteroatoms. The van der Waals surface area contributed by atoms with Crippen molar-refractivity contribution in [3.8, 4) is 0 Å². The van der Waals surface area contributed by atoms with Crippen LogP contribution in [0.5, 0.6) is 0 Å². The number of carbonyl (C=O) groups is 1. The Kier molecular flexibility index (Phi) is 4.53. The third kappa shape index (κ3) is 3.53. The van der Waals surface area contributed by atoms with Crippen LogP contribution in [0.25, 0.3) is 0 Å². The molecule has 0 amide bonds. The van der Waals surface area contributed by atoms with Gasteiger partial charge in [0.15, 0.2) is 0 Å². The monoisotopic (exact) mass is 265 g/mol. The molecule has 1 aliphatic heterocycles. The number of rotatable bonds is 5. The smallest absolute Gasteiger partial charge is 0.303 e. The van der Waals surface area contributed by atoms with Crippen LogP contribution in [0.2, 0.25) is 0 Å². The fraction of sp³-hybridized carbons (Fsp3) is 0.533. The molecule has 1 aromatic carbocycles. The highest BCUT2D eigenvalue weighted by molar-refractivity contribution is 5.66. The molecule has 3 nitrogen and oxygen atoms in total. The first-order chi connectivity index (χ1) is 9.08. The van der Waals surface area contributed by atoms with Crippen LogP contribution in [0, 0.1) is 11.7 Å². The van der Waals surface area contributed by atoms with Crippen molar-refractivity contribution in [1.82, 2.24) is 4.90 Å². The minimum Gasteiger partial charge on any atom is -0.481 e. The highest BCUT2D eigenvalue weighted by Gasteiger charge is 2.31. The van der Waals surface area contributed by atoms with E-state index < -0.39 is 5.97 Å². The van der Waals surface area contributed by atoms with Crippen LogP contribution in [0.15, 0.2) is 24.3 Å². The van der Waals surface area contributed by atoms with Crippen LogP contribution in [-0.2, 0) is 4.79 Å². The van der Waals surface area contributed by atoms with E-state index in [2.05, 4.69) is 11.8 Å². The summed E-state index contributed by atoms with van der Waals surface area (Å²) in [6.45, 7) is 3.79. The normalized spacial score (nSPS) is 23.7. The maximum absolute atomic E-state index is 13.9. The average molecular weight is 265 g/mol. The van der Waals surface area contributed by atoms with Gasteiger partial charge in [-0.25, -0.2) is 4.39 Å². The van der Waals surface area contributed by atoms with Crippen LogP contribution in [0.3, 0.4) is 0 Å². The molecule has 0 spiro atoms. The third-order valence-corrected chi connectivity index (χ3v) is 3.71. The second-order valence-corrected chi connectivity index (χ2v) is 5.37. The number of hydrogen-bond acceptors (Lipinski definition) is 2. The molecule has 2 atom stereocenters. The molecule has 1 aliphatic rings. The first kappa shape index (κ1) is 14.0. The molecule has 0 bridgehead atoms. The quantitative estimate of drug-likeness (QED) is 0.889. The summed E-state index contributed by atoms with van der Waals surface area (Å²) in [4.78, 5) is 12.8. The fourth-order valence-corrected chi connectivity index (χ4v) is 2.88. The zero-order chi connectivity index (χ0) is 13.8. The minimum absolute atomic E-state index is 0.0880. The lowest BCUT2D eigenvalue weighted by Gasteiger charge is -2.24. The maximum atomic E-state index is 13.9. The Balaban J connectivity index is 2.05. The van der Waals surface area contributed by atoms with Gasteiger partial charge in [-0.3, -0.25) is 9.69 Å². The Hall–Kier alpha value is -1.42. The number of benzene rings is 1. The van der Waals surface area contributed by atoms with Crippen molar-refractivity contribution in [2.45, 2.75) is 32.2 Å². The summed E-state index contributed by atoms with van der Waals surface area (Å²) in [6.07, 6.45) is 1.73. The molecule has 1 fully saturated rings. The predicted molar refractivity (Wildman–Crippen MR) is 71.4 cm³/mol. The van der Waals surface area contributed by atoms with Gasteiger partial charge in [-0.05, 0) is 31.4 Å². The number of carboxylic acid groups (broad SMARTS) is 1. The number of carboxylic acids is 1. The van der Waals surface area contributed by atoms with Gasteiger partial charge in [0.25, 0.3) is 0 Å². The summed E-state index contributed by atoms with van der Waals surface area (Å²) in [7, 11) is 0. The van der Waals surface area contributed by atoms with Crippen LogP contribution < -0.4 is 0 Å². The standard InChI is InChI=1S/C15H20FNO2/c1-11-9-14(12-5-2-3-6-13(12)16)17(10-11)8-4-7-15(18)19/h2-3,5-6,11,14H,4,7-10H2,1H3,(H,18,19)/t11-,14-/m0/s1. The van der Waals surface area contributed by atoms with E-state index >= 15 is 0 Å². The molecular formula is C15H20FNO2. The Bertz CT molecular complexity index is 450. The zero-order valence-electron chi connectivity index (χ0n) is 11.2. The van der Waals surface area contributed by atoms with Crippen LogP contribution in [0.4, 0.5) is 4.39 Å². The fourth-order valence-electron chi connectivity index (χ4n) is 2.88. The van der Waals surface area contributed by atoms with E-state index in [9.17, 15) is 9.18 Å². The molecule has 19 heavy (non-hydrogen) atoms. The molecule has 1 saturated heterocycles. The van der Waals surface area contributed by atoms with Gasteiger partial charge in [0.1, 0.15) is 5.82 Å². The Morgan fingerprint density at radius 2 is 2.21 bits per heavy atom. The molecule has 1 heterocycles. The Morgan fingerprint density at radius 3 is 2.89 bits per heavy atom. The predicted octanol–water partition coefficient (Wildman–Crippen LogP) is 3.07. The summed E-state index contributed by atoms with van der Waals surface area (Å²) >= 11 is 0. The molecule has 0 aromatic heterocycles. The van der Waals surface area contributed by atoms with Gasteiger partial charge in [0, 0.05) is 24.6 Å². The number of likely N-dealkylation sites (tertiary alicyclic amines) is 1. The van der Waals surface area contributed by atoms with Gasteiger partial charge in [0.2, 0.25) is 0 Å². The maximum Gasteiger partial charge on any atom is 0.303 e. The van der Waals surface area contributed by atoms with E-state index in [0.29, 0.717) is 12.3 Å². The third-order valence-electron chi connectivity index (χ3n) is 3.71. The summed E-state index contributed by atoms with van der Waals surface area (Å²) in [5.41, 5.74) is 0.738. The van der Waals surface area contributed by atoms with E-state index in [1.165, 1.54) is 6.07 Å². The van der Waals surface area contributed by atoms with E-state index in [1.807, 2.05) is 12.1 Å². The molecule has 0 saturated carbocycles. The Morgan fingerprint density at radius 1 is 1.47 bits per heavy atom. The van der Waals surface area contributed by atoms with Crippen molar-refractivity contribution in [3.63, 3.8) is 0 Å². The molecule has 104 valence electrons. The van der Waals surface area contributed by atoms with Crippen molar-refractivity contribution < 1.29 is 14.3 Å². The summed E-state index contributed by atoms with van der Waals surface area (Å²) in [5.74, 6) is -0.408. The Labute approximate surface area is 113 Å². The number of nitrogens with zero attached hydrogens (tertiary/aromatic N) is 1. The topological polar surface area (TPSA) is 40.5 Å². The van der Waals surface area contributed by atoms with Crippen molar-refractivity contribution >= 4 is 5.97 Å². The van der Waals surface area contributed by atoms with Crippen molar-refractivity contribution in [1.29, 1.82) is 0 Å². The lowest BCUT2D eigenvalue weighted by Crippen LogP contribution is -2.26. The molecule has 1 N–H and O–H groups in total. The van der Waals surface area contributed by atoms with Gasteiger partial charge in [-0.15, -0.1) is 0 Å². The summed E-state index contributed by atoms with van der Waals surface area (Å²) < 4.78 is 13.9. The van der Waals surface area contributed by atoms with Crippen LogP contribution in [0.1, 0.15) is 37.8 Å². The molecule has 0 aliphatic carbocycles. The van der Waals surface area contributed by atoms with E-state index in [4.69, 9.17) is 5.11 Å². The SMILES string of the molecule is C[C@H]1C[C@@H](c2ccccc2F)N(CCCC(=O)O)C1. The van der Waals surface area contributed by atoms with E-state index in [-0.39, 0.29) is 18.3 Å². The van der Waals surface area contributed by atoms with E-state index in [1.54, 1.807) is 6.07 Å². The lowest BCUT2D eigenvalue weighted by molar-refractivity contribution is -0.137. The van der Waals surface area contributed by atoms with Crippen molar-refractivity contribution in [2.75, 3.05) is 13.1 Å². The largest absolute Gasteiger partial charge is 0.481 e.